The lowest BCUT2D eigenvalue weighted by Crippen LogP contribution is -2.47. The first kappa shape index (κ1) is 13.8. The molecule has 19 heavy (non-hydrogen) atoms. The van der Waals surface area contributed by atoms with Crippen molar-refractivity contribution in [2.75, 3.05) is 39.0 Å². The number of anilines is 1. The predicted molar refractivity (Wildman–Crippen MR) is 71.8 cm³/mol. The second kappa shape index (κ2) is 5.17. The molecular formula is C12H16N4O2S. The van der Waals surface area contributed by atoms with E-state index in [2.05, 4.69) is 4.90 Å². The molecule has 0 bridgehead atoms. The van der Waals surface area contributed by atoms with Crippen LogP contribution in [0.1, 0.15) is 5.56 Å². The fourth-order valence-corrected chi connectivity index (χ4v) is 3.52. The molecule has 0 unspecified atom stereocenters. The molecule has 0 aliphatic carbocycles. The third-order valence-corrected chi connectivity index (χ3v) is 5.03. The molecule has 7 heteroatoms. The van der Waals surface area contributed by atoms with Crippen LogP contribution in [0.25, 0.3) is 0 Å². The van der Waals surface area contributed by atoms with Gasteiger partial charge in [-0.15, -0.1) is 0 Å². The molecule has 0 saturated carbocycles. The van der Waals surface area contributed by atoms with E-state index in [-0.39, 0.29) is 16.1 Å². The Hall–Kier alpha value is -1.62. The molecule has 1 aromatic carbocycles. The average Bonchev–Trinajstić information content (AvgIpc) is 2.38. The van der Waals surface area contributed by atoms with Gasteiger partial charge in [0.25, 0.3) is 0 Å². The molecule has 2 rings (SSSR count). The van der Waals surface area contributed by atoms with Gasteiger partial charge in [-0.2, -0.15) is 9.57 Å². The molecule has 1 aliphatic rings. The van der Waals surface area contributed by atoms with Crippen LogP contribution in [-0.4, -0.2) is 50.8 Å². The maximum absolute atomic E-state index is 12.5. The number of piperazine rings is 1. The topological polar surface area (TPSA) is 90.4 Å². The molecule has 0 spiro atoms. The minimum Gasteiger partial charge on any atom is -0.399 e. The van der Waals surface area contributed by atoms with E-state index in [0.717, 1.165) is 0 Å². The lowest BCUT2D eigenvalue weighted by atomic mass is 10.2. The van der Waals surface area contributed by atoms with E-state index in [1.54, 1.807) is 0 Å². The molecule has 1 aliphatic heterocycles. The number of hydrogen-bond acceptors (Lipinski definition) is 5. The van der Waals surface area contributed by atoms with Gasteiger partial charge >= 0.3 is 0 Å². The third kappa shape index (κ3) is 2.87. The van der Waals surface area contributed by atoms with Crippen LogP contribution >= 0.6 is 0 Å². The van der Waals surface area contributed by atoms with Gasteiger partial charge < -0.3 is 10.6 Å². The summed E-state index contributed by atoms with van der Waals surface area (Å²) >= 11 is 0. The van der Waals surface area contributed by atoms with Gasteiger partial charge in [0.1, 0.15) is 0 Å². The average molecular weight is 280 g/mol. The van der Waals surface area contributed by atoms with Gasteiger partial charge in [0.05, 0.1) is 16.5 Å². The van der Waals surface area contributed by atoms with Crippen LogP contribution < -0.4 is 5.73 Å². The molecule has 1 saturated heterocycles. The van der Waals surface area contributed by atoms with Crippen LogP contribution in [0.2, 0.25) is 0 Å². The summed E-state index contributed by atoms with van der Waals surface area (Å²) in [6, 6.07) is 6.14. The Morgan fingerprint density at radius 1 is 1.21 bits per heavy atom. The van der Waals surface area contributed by atoms with Gasteiger partial charge in [-0.3, -0.25) is 0 Å². The van der Waals surface area contributed by atoms with Crippen molar-refractivity contribution in [3.8, 4) is 6.07 Å². The molecule has 1 heterocycles. The van der Waals surface area contributed by atoms with Crippen LogP contribution in [0.5, 0.6) is 0 Å². The highest BCUT2D eigenvalue weighted by atomic mass is 32.2. The van der Waals surface area contributed by atoms with Crippen molar-refractivity contribution >= 4 is 15.7 Å². The number of nitrogens with two attached hydrogens (primary N) is 1. The van der Waals surface area contributed by atoms with Gasteiger partial charge in [0, 0.05) is 31.9 Å². The first-order chi connectivity index (χ1) is 8.93. The highest BCUT2D eigenvalue weighted by Gasteiger charge is 2.27. The number of sulfonamides is 1. The SMILES string of the molecule is CN1CCN(S(=O)(=O)c2cc(N)cc(C#N)c2)CC1. The van der Waals surface area contributed by atoms with Crippen molar-refractivity contribution in [3.63, 3.8) is 0 Å². The fourth-order valence-electron chi connectivity index (χ4n) is 2.01. The number of likely N-dealkylation sites (N-methyl/N-ethyl adjacent to an activating group) is 1. The van der Waals surface area contributed by atoms with Gasteiger partial charge in [-0.25, -0.2) is 8.42 Å². The van der Waals surface area contributed by atoms with E-state index < -0.39 is 10.0 Å². The van der Waals surface area contributed by atoms with Crippen molar-refractivity contribution in [1.82, 2.24) is 9.21 Å². The Balaban J connectivity index is 2.35. The van der Waals surface area contributed by atoms with Crippen LogP contribution in [0.3, 0.4) is 0 Å². The molecule has 1 fully saturated rings. The molecule has 0 radical (unpaired) electrons. The third-order valence-electron chi connectivity index (χ3n) is 3.16. The monoisotopic (exact) mass is 280 g/mol. The van der Waals surface area contributed by atoms with Crippen LogP contribution in [-0.2, 0) is 10.0 Å². The quantitative estimate of drug-likeness (QED) is 0.775. The summed E-state index contributed by atoms with van der Waals surface area (Å²) in [6.07, 6.45) is 0. The first-order valence-corrected chi connectivity index (χ1v) is 7.37. The zero-order chi connectivity index (χ0) is 14.0. The number of nitrogen functional groups attached to an aromatic ring is 1. The van der Waals surface area contributed by atoms with Crippen LogP contribution in [0.4, 0.5) is 5.69 Å². The summed E-state index contributed by atoms with van der Waals surface area (Å²) in [5, 5.41) is 8.88. The highest BCUT2D eigenvalue weighted by Crippen LogP contribution is 2.21. The maximum Gasteiger partial charge on any atom is 0.243 e. The van der Waals surface area contributed by atoms with Crippen molar-refractivity contribution in [2.24, 2.45) is 0 Å². The number of hydrogen-bond donors (Lipinski definition) is 1. The van der Waals surface area contributed by atoms with E-state index in [4.69, 9.17) is 11.0 Å². The second-order valence-electron chi connectivity index (χ2n) is 4.61. The maximum atomic E-state index is 12.5. The Bertz CT molecular complexity index is 613. The lowest BCUT2D eigenvalue weighted by molar-refractivity contribution is 0.222. The first-order valence-electron chi connectivity index (χ1n) is 5.93. The van der Waals surface area contributed by atoms with Crippen LogP contribution in [0.15, 0.2) is 23.1 Å². The Labute approximate surface area is 113 Å². The van der Waals surface area contributed by atoms with Crippen molar-refractivity contribution in [2.45, 2.75) is 4.90 Å². The molecule has 2 N–H and O–H groups in total. The van der Waals surface area contributed by atoms with Gasteiger partial charge in [0.2, 0.25) is 10.0 Å². The van der Waals surface area contributed by atoms with Crippen molar-refractivity contribution < 1.29 is 8.42 Å². The Morgan fingerprint density at radius 3 is 2.42 bits per heavy atom. The lowest BCUT2D eigenvalue weighted by Gasteiger charge is -2.31. The summed E-state index contributed by atoms with van der Waals surface area (Å²) in [7, 11) is -1.61. The Morgan fingerprint density at radius 2 is 1.84 bits per heavy atom. The highest BCUT2D eigenvalue weighted by molar-refractivity contribution is 7.89. The zero-order valence-electron chi connectivity index (χ0n) is 10.7. The van der Waals surface area contributed by atoms with Gasteiger partial charge in [0.15, 0.2) is 0 Å². The molecule has 0 atom stereocenters. The van der Waals surface area contributed by atoms with Gasteiger partial charge in [-0.1, -0.05) is 0 Å². The Kier molecular flexibility index (Phi) is 3.75. The summed E-state index contributed by atoms with van der Waals surface area (Å²) in [6.45, 7) is 2.31. The van der Waals surface area contributed by atoms with Gasteiger partial charge in [-0.05, 0) is 25.2 Å². The summed E-state index contributed by atoms with van der Waals surface area (Å²) in [5.74, 6) is 0. The predicted octanol–water partition coefficient (Wildman–Crippen LogP) is 0.0766. The van der Waals surface area contributed by atoms with Crippen LogP contribution in [0, 0.1) is 11.3 Å². The largest absolute Gasteiger partial charge is 0.399 e. The summed E-state index contributed by atoms with van der Waals surface area (Å²) < 4.78 is 26.3. The summed E-state index contributed by atoms with van der Waals surface area (Å²) in [5.41, 5.74) is 6.18. The minimum absolute atomic E-state index is 0.0913. The molecular weight excluding hydrogens is 264 g/mol. The number of nitrogens with zero attached hydrogens (tertiary/aromatic N) is 3. The van der Waals surface area contributed by atoms with E-state index >= 15 is 0 Å². The molecule has 1 aromatic rings. The van der Waals surface area contributed by atoms with E-state index in [9.17, 15) is 8.42 Å². The zero-order valence-corrected chi connectivity index (χ0v) is 11.5. The van der Waals surface area contributed by atoms with Crippen molar-refractivity contribution in [3.05, 3.63) is 23.8 Å². The molecule has 6 nitrogen and oxygen atoms in total. The molecule has 102 valence electrons. The molecule has 0 amide bonds. The van der Waals surface area contributed by atoms with E-state index in [1.165, 1.54) is 22.5 Å². The van der Waals surface area contributed by atoms with E-state index in [1.807, 2.05) is 13.1 Å². The summed E-state index contributed by atoms with van der Waals surface area (Å²) in [4.78, 5) is 2.17. The van der Waals surface area contributed by atoms with E-state index in [0.29, 0.717) is 26.2 Å². The molecule has 0 aromatic heterocycles. The number of rotatable bonds is 2. The number of nitriles is 1. The van der Waals surface area contributed by atoms with Crippen molar-refractivity contribution in [1.29, 1.82) is 5.26 Å². The normalized spacial score (nSPS) is 18.1. The second-order valence-corrected chi connectivity index (χ2v) is 6.55. The number of benzene rings is 1. The standard InChI is InChI=1S/C12H16N4O2S/c1-15-2-4-16(5-3-15)19(17,18)12-7-10(9-13)6-11(14)8-12/h6-8H,2-5,14H2,1H3. The fraction of sp³-hybridized carbons (Fsp3) is 0.417. The minimum atomic E-state index is -3.56. The smallest absolute Gasteiger partial charge is 0.243 e.